The van der Waals surface area contributed by atoms with Gasteiger partial charge in [-0.05, 0) is 59.7 Å². The zero-order valence-electron chi connectivity index (χ0n) is 20.4. The van der Waals surface area contributed by atoms with E-state index in [-0.39, 0.29) is 27.8 Å². The molecule has 1 atom stereocenters. The predicted molar refractivity (Wildman–Crippen MR) is 147 cm³/mol. The van der Waals surface area contributed by atoms with Crippen molar-refractivity contribution in [3.63, 3.8) is 0 Å². The number of hydrogen-bond donors (Lipinski definition) is 1. The Morgan fingerprint density at radius 3 is 2.11 bits per heavy atom. The number of nitriles is 2. The van der Waals surface area contributed by atoms with E-state index in [1.807, 2.05) is 0 Å². The molecular formula is C29H21ClN4O3S. The molecule has 4 aromatic rings. The molecule has 9 heteroatoms. The van der Waals surface area contributed by atoms with Gasteiger partial charge in [-0.25, -0.2) is 4.98 Å². The first-order valence-electron chi connectivity index (χ1n) is 11.3. The number of benzene rings is 3. The number of nitrogen functional groups attached to an aromatic ring is 1. The molecule has 0 aliphatic rings. The van der Waals surface area contributed by atoms with Gasteiger partial charge in [0, 0.05) is 16.1 Å². The molecule has 38 heavy (non-hydrogen) atoms. The van der Waals surface area contributed by atoms with Crippen LogP contribution in [0.25, 0.3) is 11.1 Å². The van der Waals surface area contributed by atoms with Gasteiger partial charge in [-0.3, -0.25) is 4.79 Å². The summed E-state index contributed by atoms with van der Waals surface area (Å²) in [6, 6.07) is 24.9. The molecule has 0 aliphatic heterocycles. The highest BCUT2D eigenvalue weighted by Crippen LogP contribution is 2.43. The minimum absolute atomic E-state index is 0.0469. The van der Waals surface area contributed by atoms with Crippen LogP contribution in [0.2, 0.25) is 5.02 Å². The van der Waals surface area contributed by atoms with Crippen molar-refractivity contribution >= 4 is 35.0 Å². The molecule has 0 saturated carbocycles. The monoisotopic (exact) mass is 540 g/mol. The molecule has 4 rings (SSSR count). The van der Waals surface area contributed by atoms with Crippen LogP contribution >= 0.6 is 23.4 Å². The summed E-state index contributed by atoms with van der Waals surface area (Å²) in [7, 11) is 3.11. The van der Waals surface area contributed by atoms with Crippen LogP contribution in [0.1, 0.15) is 32.3 Å². The normalized spacial score (nSPS) is 11.2. The molecule has 3 aromatic carbocycles. The molecule has 0 saturated heterocycles. The Kier molecular flexibility index (Phi) is 8.18. The van der Waals surface area contributed by atoms with Gasteiger partial charge in [-0.1, -0.05) is 47.6 Å². The molecule has 1 heterocycles. The molecule has 0 fully saturated rings. The lowest BCUT2D eigenvalue weighted by molar-refractivity contribution is 0.0989. The fourth-order valence-corrected chi connectivity index (χ4v) is 5.25. The Hall–Kier alpha value is -4.50. The Bertz CT molecular complexity index is 1580. The van der Waals surface area contributed by atoms with Crippen LogP contribution in [-0.4, -0.2) is 25.0 Å². The van der Waals surface area contributed by atoms with E-state index in [9.17, 15) is 15.3 Å². The Morgan fingerprint density at radius 1 is 0.947 bits per heavy atom. The number of ether oxygens (including phenoxy) is 2. The van der Waals surface area contributed by atoms with Crippen LogP contribution in [0.3, 0.4) is 0 Å². The quantitative estimate of drug-likeness (QED) is 0.199. The topological polar surface area (TPSA) is 122 Å². The lowest BCUT2D eigenvalue weighted by atomic mass is 9.97. The summed E-state index contributed by atoms with van der Waals surface area (Å²) in [6.45, 7) is 0. The first-order valence-corrected chi connectivity index (χ1v) is 12.5. The fourth-order valence-electron chi connectivity index (χ4n) is 3.89. The number of halogens is 1. The van der Waals surface area contributed by atoms with E-state index in [1.54, 1.807) is 87.0 Å². The maximum absolute atomic E-state index is 13.8. The van der Waals surface area contributed by atoms with Crippen molar-refractivity contribution in [2.45, 2.75) is 10.3 Å². The van der Waals surface area contributed by atoms with Gasteiger partial charge in [0.1, 0.15) is 40.0 Å². The molecule has 2 N–H and O–H groups in total. The van der Waals surface area contributed by atoms with Crippen LogP contribution in [0.5, 0.6) is 11.5 Å². The van der Waals surface area contributed by atoms with E-state index in [0.717, 1.165) is 11.8 Å². The molecule has 188 valence electrons. The summed E-state index contributed by atoms with van der Waals surface area (Å²) in [5.74, 6) is 1.00. The zero-order valence-corrected chi connectivity index (χ0v) is 22.0. The van der Waals surface area contributed by atoms with Gasteiger partial charge in [-0.2, -0.15) is 10.5 Å². The lowest BCUT2D eigenvalue weighted by Gasteiger charge is -2.19. The third kappa shape index (κ3) is 5.42. The van der Waals surface area contributed by atoms with Crippen molar-refractivity contribution in [1.29, 1.82) is 10.5 Å². The standard InChI is InChI=1S/C29H21ClN4O3S/c1-36-21-10-6-17(7-11-21)26(35)27(18-8-12-22(37-2)13-9-18)38-29-24(16-32)25(23(15-31)28(33)34-29)19-4-3-5-20(30)14-19/h3-14,27H,1-2H3,(H2,33,34). The average molecular weight is 541 g/mol. The van der Waals surface area contributed by atoms with Gasteiger partial charge >= 0.3 is 0 Å². The number of nitrogens with two attached hydrogens (primary N) is 1. The number of carbonyl (C=O) groups is 1. The van der Waals surface area contributed by atoms with Crippen LogP contribution in [0, 0.1) is 22.7 Å². The molecule has 1 unspecified atom stereocenters. The molecule has 0 bridgehead atoms. The highest BCUT2D eigenvalue weighted by atomic mass is 35.5. The Morgan fingerprint density at radius 2 is 1.55 bits per heavy atom. The number of nitrogens with zero attached hydrogens (tertiary/aromatic N) is 3. The van der Waals surface area contributed by atoms with Gasteiger partial charge in [0.25, 0.3) is 0 Å². The fraction of sp³-hybridized carbons (Fsp3) is 0.103. The van der Waals surface area contributed by atoms with E-state index < -0.39 is 5.25 Å². The minimum Gasteiger partial charge on any atom is -0.497 e. The van der Waals surface area contributed by atoms with E-state index in [0.29, 0.717) is 38.8 Å². The van der Waals surface area contributed by atoms with Crippen molar-refractivity contribution in [2.24, 2.45) is 0 Å². The number of ketones is 1. The molecule has 7 nitrogen and oxygen atoms in total. The van der Waals surface area contributed by atoms with E-state index in [1.165, 1.54) is 0 Å². The second kappa shape index (κ2) is 11.7. The lowest BCUT2D eigenvalue weighted by Crippen LogP contribution is -2.12. The molecule has 0 amide bonds. The van der Waals surface area contributed by atoms with Gasteiger partial charge < -0.3 is 15.2 Å². The van der Waals surface area contributed by atoms with Crippen LogP contribution in [0.15, 0.2) is 77.8 Å². The number of pyridine rings is 1. The van der Waals surface area contributed by atoms with E-state index in [2.05, 4.69) is 17.1 Å². The molecule has 0 radical (unpaired) electrons. The maximum atomic E-state index is 13.8. The van der Waals surface area contributed by atoms with Crippen LogP contribution in [-0.2, 0) is 0 Å². The van der Waals surface area contributed by atoms with Crippen molar-refractivity contribution in [1.82, 2.24) is 4.98 Å². The maximum Gasteiger partial charge on any atom is 0.180 e. The average Bonchev–Trinajstić information content (AvgIpc) is 2.95. The van der Waals surface area contributed by atoms with Crippen LogP contribution < -0.4 is 15.2 Å². The molecule has 1 aromatic heterocycles. The number of anilines is 1. The summed E-state index contributed by atoms with van der Waals surface area (Å²) in [4.78, 5) is 18.2. The molecule has 0 aliphatic carbocycles. The summed E-state index contributed by atoms with van der Waals surface area (Å²) < 4.78 is 10.5. The van der Waals surface area contributed by atoms with Crippen molar-refractivity contribution in [2.75, 3.05) is 20.0 Å². The van der Waals surface area contributed by atoms with E-state index >= 15 is 0 Å². The van der Waals surface area contributed by atoms with Crippen molar-refractivity contribution < 1.29 is 14.3 Å². The summed E-state index contributed by atoms with van der Waals surface area (Å²) in [6.07, 6.45) is 0. The summed E-state index contributed by atoms with van der Waals surface area (Å²) in [5, 5.41) is 19.9. The third-order valence-corrected chi connectivity index (χ3v) is 7.27. The van der Waals surface area contributed by atoms with E-state index in [4.69, 9.17) is 26.8 Å². The SMILES string of the molecule is COc1ccc(C(=O)C(Sc2nc(N)c(C#N)c(-c3cccc(Cl)c3)c2C#N)c2ccc(OC)cc2)cc1. The number of Topliss-reactive ketones (excluding diaryl/α,β-unsaturated/α-hetero) is 1. The Labute approximate surface area is 229 Å². The number of rotatable bonds is 8. The summed E-state index contributed by atoms with van der Waals surface area (Å²) in [5.41, 5.74) is 8.38. The minimum atomic E-state index is -0.784. The number of methoxy groups -OCH3 is 2. The second-order valence-electron chi connectivity index (χ2n) is 8.02. The van der Waals surface area contributed by atoms with Gasteiger partial charge in [-0.15, -0.1) is 0 Å². The van der Waals surface area contributed by atoms with Crippen LogP contribution in [0.4, 0.5) is 5.82 Å². The summed E-state index contributed by atoms with van der Waals surface area (Å²) >= 11 is 7.29. The third-order valence-electron chi connectivity index (χ3n) is 5.79. The number of aromatic nitrogens is 1. The first-order chi connectivity index (χ1) is 18.4. The smallest absolute Gasteiger partial charge is 0.180 e. The highest BCUT2D eigenvalue weighted by molar-refractivity contribution is 8.00. The zero-order chi connectivity index (χ0) is 27.2. The second-order valence-corrected chi connectivity index (χ2v) is 9.56. The number of thioether (sulfide) groups is 1. The Balaban J connectivity index is 1.88. The van der Waals surface area contributed by atoms with Gasteiger partial charge in [0.2, 0.25) is 0 Å². The highest BCUT2D eigenvalue weighted by Gasteiger charge is 2.28. The van der Waals surface area contributed by atoms with Gasteiger partial charge in [0.15, 0.2) is 5.78 Å². The first kappa shape index (κ1) is 26.6. The molecular weight excluding hydrogens is 520 g/mol. The van der Waals surface area contributed by atoms with Crippen molar-refractivity contribution in [3.05, 3.63) is 100 Å². The largest absolute Gasteiger partial charge is 0.497 e. The van der Waals surface area contributed by atoms with Gasteiger partial charge in [0.05, 0.1) is 25.0 Å². The molecule has 0 spiro atoms. The van der Waals surface area contributed by atoms with Crippen molar-refractivity contribution in [3.8, 4) is 34.8 Å². The number of hydrogen-bond acceptors (Lipinski definition) is 8. The predicted octanol–water partition coefficient (Wildman–Crippen LogP) is 6.46. The number of carbonyl (C=O) groups excluding carboxylic acids is 1.